The number of ether oxygens (including phenoxy) is 1. The summed E-state index contributed by atoms with van der Waals surface area (Å²) in [7, 11) is 0. The van der Waals surface area contributed by atoms with Crippen LogP contribution in [0.25, 0.3) is 0 Å². The highest BCUT2D eigenvalue weighted by atomic mass is 16.5. The number of carbonyl (C=O) groups excluding carboxylic acids is 1. The standard InChI is InChI=1S/C24H49NO6/c1-2-3-4-5-6-7-8-9-10-11-12-13-14-15-16-17-22(28)31-19-21(27)24(30)23(29)20(26)18-25/h20-21,23-24,26-27,29-30H,2-19,25H2,1H3. The molecule has 0 saturated carbocycles. The van der Waals surface area contributed by atoms with Gasteiger partial charge >= 0.3 is 5.97 Å². The molecule has 0 radical (unpaired) electrons. The Hall–Kier alpha value is -0.730. The van der Waals surface area contributed by atoms with Crippen molar-refractivity contribution in [3.05, 3.63) is 0 Å². The highest BCUT2D eigenvalue weighted by Gasteiger charge is 2.30. The molecule has 0 aliphatic rings. The normalized spacial score (nSPS) is 15.4. The number of rotatable bonds is 22. The molecule has 4 unspecified atom stereocenters. The number of aliphatic hydroxyl groups excluding tert-OH is 4. The summed E-state index contributed by atoms with van der Waals surface area (Å²) in [6.45, 7) is 1.58. The second-order valence-corrected chi connectivity index (χ2v) is 8.73. The predicted octanol–water partition coefficient (Wildman–Crippen LogP) is 3.19. The molecule has 0 heterocycles. The van der Waals surface area contributed by atoms with Crippen molar-refractivity contribution in [3.63, 3.8) is 0 Å². The highest BCUT2D eigenvalue weighted by molar-refractivity contribution is 5.69. The average Bonchev–Trinajstić information content (AvgIpc) is 2.78. The van der Waals surface area contributed by atoms with Gasteiger partial charge in [0.1, 0.15) is 24.9 Å². The largest absolute Gasteiger partial charge is 0.463 e. The van der Waals surface area contributed by atoms with Gasteiger partial charge in [-0.15, -0.1) is 0 Å². The molecule has 0 spiro atoms. The third kappa shape index (κ3) is 17.5. The Kier molecular flexibility index (Phi) is 20.6. The molecule has 0 aromatic carbocycles. The smallest absolute Gasteiger partial charge is 0.305 e. The van der Waals surface area contributed by atoms with Crippen LogP contribution >= 0.6 is 0 Å². The van der Waals surface area contributed by atoms with Crippen LogP contribution in [0.3, 0.4) is 0 Å². The van der Waals surface area contributed by atoms with Gasteiger partial charge in [0, 0.05) is 13.0 Å². The van der Waals surface area contributed by atoms with E-state index in [0.29, 0.717) is 0 Å². The molecule has 0 aromatic rings. The molecule has 0 rings (SSSR count). The van der Waals surface area contributed by atoms with Gasteiger partial charge in [0.05, 0.1) is 6.10 Å². The molecule has 186 valence electrons. The Morgan fingerprint density at radius 2 is 1.06 bits per heavy atom. The van der Waals surface area contributed by atoms with E-state index in [4.69, 9.17) is 10.5 Å². The fourth-order valence-corrected chi connectivity index (χ4v) is 3.58. The minimum absolute atomic E-state index is 0.246. The third-order valence-electron chi connectivity index (χ3n) is 5.78. The summed E-state index contributed by atoms with van der Waals surface area (Å²) >= 11 is 0. The Labute approximate surface area is 189 Å². The van der Waals surface area contributed by atoms with Gasteiger partial charge in [0.25, 0.3) is 0 Å². The second-order valence-electron chi connectivity index (χ2n) is 8.73. The Morgan fingerprint density at radius 3 is 1.48 bits per heavy atom. The summed E-state index contributed by atoms with van der Waals surface area (Å²) in [6, 6.07) is 0. The fraction of sp³-hybridized carbons (Fsp3) is 0.958. The molecule has 0 aromatic heterocycles. The number of hydrogen-bond donors (Lipinski definition) is 5. The lowest BCUT2D eigenvalue weighted by Gasteiger charge is -2.25. The first-order chi connectivity index (χ1) is 14.9. The molecule has 0 bridgehead atoms. The maximum absolute atomic E-state index is 11.7. The molecule has 0 fully saturated rings. The van der Waals surface area contributed by atoms with E-state index in [2.05, 4.69) is 6.92 Å². The minimum Gasteiger partial charge on any atom is -0.463 e. The van der Waals surface area contributed by atoms with Gasteiger partial charge in [-0.1, -0.05) is 96.8 Å². The molecule has 0 aliphatic carbocycles. The Morgan fingerprint density at radius 1 is 0.677 bits per heavy atom. The van der Waals surface area contributed by atoms with Crippen LogP contribution in [0.4, 0.5) is 0 Å². The van der Waals surface area contributed by atoms with Crippen LogP contribution in [0, 0.1) is 0 Å². The number of unbranched alkanes of at least 4 members (excludes halogenated alkanes) is 14. The number of carbonyl (C=O) groups is 1. The van der Waals surface area contributed by atoms with Crippen LogP contribution in [0.5, 0.6) is 0 Å². The summed E-state index contributed by atoms with van der Waals surface area (Å²) in [5, 5.41) is 38.4. The minimum atomic E-state index is -1.63. The molecule has 0 aliphatic heterocycles. The summed E-state index contributed by atoms with van der Waals surface area (Å²) in [5.74, 6) is -0.435. The van der Waals surface area contributed by atoms with E-state index < -0.39 is 37.0 Å². The number of esters is 1. The zero-order valence-corrected chi connectivity index (χ0v) is 19.7. The van der Waals surface area contributed by atoms with E-state index in [1.165, 1.54) is 77.0 Å². The van der Waals surface area contributed by atoms with Crippen molar-refractivity contribution in [2.75, 3.05) is 13.2 Å². The summed E-state index contributed by atoms with van der Waals surface area (Å²) in [6.07, 6.45) is 13.1. The summed E-state index contributed by atoms with van der Waals surface area (Å²) in [4.78, 5) is 11.7. The van der Waals surface area contributed by atoms with Gasteiger partial charge in [0.2, 0.25) is 0 Å². The van der Waals surface area contributed by atoms with Crippen molar-refractivity contribution in [1.29, 1.82) is 0 Å². The van der Waals surface area contributed by atoms with Crippen molar-refractivity contribution in [2.24, 2.45) is 5.73 Å². The summed E-state index contributed by atoms with van der Waals surface area (Å²) in [5.41, 5.74) is 5.19. The van der Waals surface area contributed by atoms with E-state index in [1.54, 1.807) is 0 Å². The van der Waals surface area contributed by atoms with E-state index in [-0.39, 0.29) is 13.0 Å². The SMILES string of the molecule is CCCCCCCCCCCCCCCCCC(=O)OCC(O)C(O)C(O)C(O)CN. The van der Waals surface area contributed by atoms with Crippen LogP contribution < -0.4 is 5.73 Å². The Balaban J connectivity index is 3.46. The van der Waals surface area contributed by atoms with Gasteiger partial charge in [-0.2, -0.15) is 0 Å². The van der Waals surface area contributed by atoms with E-state index in [9.17, 15) is 25.2 Å². The van der Waals surface area contributed by atoms with Crippen LogP contribution in [-0.4, -0.2) is 64.0 Å². The summed E-state index contributed by atoms with van der Waals surface area (Å²) < 4.78 is 4.93. The van der Waals surface area contributed by atoms with Gasteiger partial charge in [-0.05, 0) is 6.42 Å². The molecular formula is C24H49NO6. The zero-order chi connectivity index (χ0) is 23.3. The first-order valence-electron chi connectivity index (χ1n) is 12.5. The van der Waals surface area contributed by atoms with Gasteiger partial charge in [0.15, 0.2) is 0 Å². The highest BCUT2D eigenvalue weighted by Crippen LogP contribution is 2.14. The van der Waals surface area contributed by atoms with Crippen molar-refractivity contribution in [3.8, 4) is 0 Å². The van der Waals surface area contributed by atoms with Crippen molar-refractivity contribution < 1.29 is 30.0 Å². The number of aliphatic hydroxyl groups is 4. The second kappa shape index (κ2) is 21.1. The van der Waals surface area contributed by atoms with Crippen LogP contribution in [0.1, 0.15) is 110 Å². The van der Waals surface area contributed by atoms with E-state index >= 15 is 0 Å². The first-order valence-corrected chi connectivity index (χ1v) is 12.5. The number of hydrogen-bond acceptors (Lipinski definition) is 7. The Bertz CT molecular complexity index is 410. The number of nitrogens with two attached hydrogens (primary N) is 1. The molecular weight excluding hydrogens is 398 g/mol. The molecule has 7 heteroatoms. The zero-order valence-electron chi connectivity index (χ0n) is 19.7. The lowest BCUT2D eigenvalue weighted by molar-refractivity contribution is -0.154. The molecule has 0 amide bonds. The molecule has 4 atom stereocenters. The lowest BCUT2D eigenvalue weighted by atomic mass is 10.0. The van der Waals surface area contributed by atoms with Gasteiger partial charge in [-0.3, -0.25) is 4.79 Å². The third-order valence-corrected chi connectivity index (χ3v) is 5.78. The lowest BCUT2D eigenvalue weighted by Crippen LogP contribution is -2.48. The van der Waals surface area contributed by atoms with Crippen molar-refractivity contribution >= 4 is 5.97 Å². The first kappa shape index (κ1) is 30.3. The van der Waals surface area contributed by atoms with Crippen LogP contribution in [0.15, 0.2) is 0 Å². The fourth-order valence-electron chi connectivity index (χ4n) is 3.58. The average molecular weight is 448 g/mol. The van der Waals surface area contributed by atoms with Crippen LogP contribution in [-0.2, 0) is 9.53 Å². The van der Waals surface area contributed by atoms with Gasteiger partial charge in [-0.25, -0.2) is 0 Å². The monoisotopic (exact) mass is 447 g/mol. The molecule has 0 saturated heterocycles. The van der Waals surface area contributed by atoms with Crippen molar-refractivity contribution in [1.82, 2.24) is 0 Å². The van der Waals surface area contributed by atoms with E-state index in [0.717, 1.165) is 19.3 Å². The predicted molar refractivity (Wildman–Crippen MR) is 124 cm³/mol. The van der Waals surface area contributed by atoms with Gasteiger partial charge < -0.3 is 30.9 Å². The molecule has 7 nitrogen and oxygen atoms in total. The van der Waals surface area contributed by atoms with Crippen LogP contribution in [0.2, 0.25) is 0 Å². The molecule has 31 heavy (non-hydrogen) atoms. The van der Waals surface area contributed by atoms with Crippen molar-refractivity contribution in [2.45, 2.75) is 134 Å². The topological polar surface area (TPSA) is 133 Å². The van der Waals surface area contributed by atoms with E-state index in [1.807, 2.05) is 0 Å². The maximum atomic E-state index is 11.7. The quantitative estimate of drug-likeness (QED) is 0.127. The molecule has 6 N–H and O–H groups in total. The maximum Gasteiger partial charge on any atom is 0.305 e.